The molecule has 0 radical (unpaired) electrons. The lowest BCUT2D eigenvalue weighted by Gasteiger charge is -2.04. The minimum absolute atomic E-state index is 0.759. The third-order valence-electron chi connectivity index (χ3n) is 3.13. The minimum atomic E-state index is 0.759. The van der Waals surface area contributed by atoms with E-state index in [1.807, 2.05) is 41.5 Å². The van der Waals surface area contributed by atoms with Gasteiger partial charge in [0, 0.05) is 0 Å². The first-order valence-electron chi connectivity index (χ1n) is 7.80. The van der Waals surface area contributed by atoms with Gasteiger partial charge in [-0.1, -0.05) is 67.5 Å². The van der Waals surface area contributed by atoms with Gasteiger partial charge in [0.05, 0.1) is 7.11 Å². The lowest BCUT2D eigenvalue weighted by molar-refractivity contribution is 0.302. The second-order valence-electron chi connectivity index (χ2n) is 5.41. The van der Waals surface area contributed by atoms with E-state index in [1.54, 1.807) is 7.11 Å². The Morgan fingerprint density at radius 1 is 0.864 bits per heavy atom. The Morgan fingerprint density at radius 2 is 1.27 bits per heavy atom. The van der Waals surface area contributed by atoms with Gasteiger partial charge >= 0.3 is 0 Å². The topological polar surface area (TPSA) is 9.23 Å². The maximum absolute atomic E-state index is 4.92. The van der Waals surface area contributed by atoms with Crippen LogP contribution < -0.4 is 0 Å². The number of methoxy groups -OCH3 is 1. The summed E-state index contributed by atoms with van der Waals surface area (Å²) in [6, 6.07) is 6.50. The molecule has 124 valence electrons. The predicted octanol–water partition coefficient (Wildman–Crippen LogP) is 6.87. The van der Waals surface area contributed by atoms with Gasteiger partial charge < -0.3 is 4.74 Å². The third kappa shape index (κ3) is 9.23. The van der Waals surface area contributed by atoms with Crippen LogP contribution in [0.5, 0.6) is 0 Å². The maximum atomic E-state index is 4.92. The monoisotopic (exact) mass is 302 g/mol. The highest BCUT2D eigenvalue weighted by atomic mass is 16.5. The molecule has 0 bridgehead atoms. The fourth-order valence-corrected chi connectivity index (χ4v) is 1.65. The van der Waals surface area contributed by atoms with Crippen molar-refractivity contribution in [2.24, 2.45) is 0 Å². The maximum Gasteiger partial charge on any atom is 0.114 e. The van der Waals surface area contributed by atoms with Gasteiger partial charge in [-0.15, -0.1) is 0 Å². The van der Waals surface area contributed by atoms with Crippen LogP contribution in [0, 0.1) is 13.8 Å². The highest BCUT2D eigenvalue weighted by Crippen LogP contribution is 2.15. The molecule has 22 heavy (non-hydrogen) atoms. The fourth-order valence-electron chi connectivity index (χ4n) is 1.65. The Balaban J connectivity index is 0. The molecule has 0 aliphatic heterocycles. The minimum Gasteiger partial charge on any atom is -0.497 e. The number of hydrogen-bond acceptors (Lipinski definition) is 1. The molecular weight excluding hydrogens is 268 g/mol. The number of hydrogen-bond donors (Lipinski definition) is 0. The molecule has 1 nitrogen and oxygen atoms in total. The van der Waals surface area contributed by atoms with Crippen molar-refractivity contribution in [2.45, 2.75) is 55.4 Å². The van der Waals surface area contributed by atoms with E-state index in [4.69, 9.17) is 4.74 Å². The van der Waals surface area contributed by atoms with E-state index < -0.39 is 0 Å². The Hall–Kier alpha value is -1.76. The highest BCUT2D eigenvalue weighted by molar-refractivity contribution is 5.62. The summed E-state index contributed by atoms with van der Waals surface area (Å²) in [7, 11) is 1.63. The standard InChI is InChI=1S/C11H14.C8H14O.C2H6/c1-8(2)11-6-9(3)5-10(4)7-11;1-6(2)7(3)8(4)9-5;1-2/h5-7H,1H2,2-4H3;4H2,1-3,5H3;1-2H3. The molecule has 0 fully saturated rings. The number of aryl methyl sites for hydroxylation is 2. The van der Waals surface area contributed by atoms with Crippen LogP contribution in [0.15, 0.2) is 48.3 Å². The first-order chi connectivity index (χ1) is 10.2. The van der Waals surface area contributed by atoms with E-state index in [-0.39, 0.29) is 0 Å². The lowest BCUT2D eigenvalue weighted by Crippen LogP contribution is -1.87. The summed E-state index contributed by atoms with van der Waals surface area (Å²) in [4.78, 5) is 0. The van der Waals surface area contributed by atoms with Gasteiger partial charge in [-0.05, 0) is 52.7 Å². The van der Waals surface area contributed by atoms with Crippen molar-refractivity contribution in [3.63, 3.8) is 0 Å². The first kappa shape index (κ1) is 22.5. The van der Waals surface area contributed by atoms with E-state index >= 15 is 0 Å². The van der Waals surface area contributed by atoms with Gasteiger partial charge in [0.1, 0.15) is 5.76 Å². The summed E-state index contributed by atoms with van der Waals surface area (Å²) in [5.41, 5.74) is 7.39. The zero-order valence-electron chi connectivity index (χ0n) is 16.1. The third-order valence-corrected chi connectivity index (χ3v) is 3.13. The number of ether oxygens (including phenoxy) is 1. The van der Waals surface area contributed by atoms with Crippen molar-refractivity contribution in [1.29, 1.82) is 0 Å². The summed E-state index contributed by atoms with van der Waals surface area (Å²) in [5, 5.41) is 0. The molecule has 0 spiro atoms. The summed E-state index contributed by atoms with van der Waals surface area (Å²) in [6.07, 6.45) is 0. The average Bonchev–Trinajstić information content (AvgIpc) is 2.47. The molecule has 1 aromatic carbocycles. The van der Waals surface area contributed by atoms with Crippen molar-refractivity contribution >= 4 is 5.57 Å². The summed E-state index contributed by atoms with van der Waals surface area (Å²) < 4.78 is 4.92. The first-order valence-corrected chi connectivity index (χ1v) is 7.80. The number of allylic oxidation sites excluding steroid dienone is 3. The normalized spacial score (nSPS) is 8.59. The molecule has 0 saturated heterocycles. The zero-order valence-corrected chi connectivity index (χ0v) is 16.1. The molecule has 1 aromatic rings. The largest absolute Gasteiger partial charge is 0.497 e. The molecule has 0 aliphatic rings. The van der Waals surface area contributed by atoms with Crippen LogP contribution in [0.3, 0.4) is 0 Å². The van der Waals surface area contributed by atoms with E-state index in [1.165, 1.54) is 22.3 Å². The fraction of sp³-hybridized carbons (Fsp3) is 0.429. The van der Waals surface area contributed by atoms with Crippen molar-refractivity contribution in [1.82, 2.24) is 0 Å². The van der Waals surface area contributed by atoms with Gasteiger partial charge in [0.15, 0.2) is 0 Å². The van der Waals surface area contributed by atoms with Crippen LogP contribution in [-0.4, -0.2) is 7.11 Å². The summed E-state index contributed by atoms with van der Waals surface area (Å²) in [6.45, 7) is 24.0. The van der Waals surface area contributed by atoms with Gasteiger partial charge in [-0.3, -0.25) is 0 Å². The Labute approximate surface area is 138 Å². The van der Waals surface area contributed by atoms with Crippen LogP contribution >= 0.6 is 0 Å². The Morgan fingerprint density at radius 3 is 1.50 bits per heavy atom. The van der Waals surface area contributed by atoms with E-state index in [0.29, 0.717) is 0 Å². The molecule has 1 rings (SSSR count). The van der Waals surface area contributed by atoms with Crippen LogP contribution in [-0.2, 0) is 4.74 Å². The van der Waals surface area contributed by atoms with Crippen molar-refractivity contribution in [2.75, 3.05) is 7.11 Å². The average molecular weight is 303 g/mol. The van der Waals surface area contributed by atoms with Crippen LogP contribution in [0.2, 0.25) is 0 Å². The molecule has 0 N–H and O–H groups in total. The van der Waals surface area contributed by atoms with Crippen molar-refractivity contribution < 1.29 is 4.74 Å². The van der Waals surface area contributed by atoms with Gasteiger partial charge in [-0.2, -0.15) is 0 Å². The Bertz CT molecular complexity index is 494. The van der Waals surface area contributed by atoms with Gasteiger partial charge in [0.25, 0.3) is 0 Å². The SMILES string of the molecule is C=C(C)c1cc(C)cc(C)c1.C=C(OC)C(C)=C(C)C.CC. The molecule has 0 amide bonds. The molecule has 0 saturated carbocycles. The van der Waals surface area contributed by atoms with Gasteiger partial charge in [-0.25, -0.2) is 0 Å². The number of rotatable bonds is 3. The van der Waals surface area contributed by atoms with E-state index in [2.05, 4.69) is 45.2 Å². The number of benzene rings is 1. The smallest absolute Gasteiger partial charge is 0.114 e. The molecule has 0 aromatic heterocycles. The predicted molar refractivity (Wildman–Crippen MR) is 102 cm³/mol. The zero-order chi connectivity index (χ0) is 17.9. The van der Waals surface area contributed by atoms with E-state index in [0.717, 1.165) is 16.9 Å². The Kier molecular flexibility index (Phi) is 12.1. The van der Waals surface area contributed by atoms with Gasteiger partial charge in [0.2, 0.25) is 0 Å². The quantitative estimate of drug-likeness (QED) is 0.437. The molecule has 0 atom stereocenters. The highest BCUT2D eigenvalue weighted by Gasteiger charge is 1.95. The van der Waals surface area contributed by atoms with Crippen molar-refractivity contribution in [3.05, 3.63) is 65.0 Å². The van der Waals surface area contributed by atoms with Crippen LogP contribution in [0.4, 0.5) is 0 Å². The molecule has 1 heteroatoms. The van der Waals surface area contributed by atoms with Crippen LogP contribution in [0.25, 0.3) is 5.57 Å². The lowest BCUT2D eigenvalue weighted by atomic mass is 10.0. The molecule has 0 unspecified atom stereocenters. The second-order valence-corrected chi connectivity index (χ2v) is 5.41. The molecule has 0 aliphatic carbocycles. The van der Waals surface area contributed by atoms with E-state index in [9.17, 15) is 0 Å². The van der Waals surface area contributed by atoms with Crippen LogP contribution in [0.1, 0.15) is 58.2 Å². The molecular formula is C21H34O. The van der Waals surface area contributed by atoms with Crippen molar-refractivity contribution in [3.8, 4) is 0 Å². The summed E-state index contributed by atoms with van der Waals surface area (Å²) >= 11 is 0. The summed E-state index contributed by atoms with van der Waals surface area (Å²) in [5.74, 6) is 0.759. The second kappa shape index (κ2) is 11.9. The molecule has 0 heterocycles.